The van der Waals surface area contributed by atoms with E-state index in [-0.39, 0.29) is 23.3 Å². The molecule has 1 unspecified atom stereocenters. The Kier molecular flexibility index (Phi) is 5.52. The van der Waals surface area contributed by atoms with Crippen LogP contribution in [0.1, 0.15) is 20.3 Å². The molecule has 1 rings (SSSR count). The molecule has 7 heteroatoms. The molecule has 0 saturated heterocycles. The highest BCUT2D eigenvalue weighted by Gasteiger charge is 2.17. The molecule has 0 heterocycles. The van der Waals surface area contributed by atoms with Crippen LogP contribution in [-0.2, 0) is 14.8 Å². The van der Waals surface area contributed by atoms with Gasteiger partial charge >= 0.3 is 5.97 Å². The lowest BCUT2D eigenvalue weighted by Crippen LogP contribution is -2.28. The van der Waals surface area contributed by atoms with E-state index < -0.39 is 16.0 Å². The average molecular weight is 300 g/mol. The number of hydrogen-bond acceptors (Lipinski definition) is 4. The summed E-state index contributed by atoms with van der Waals surface area (Å²) in [6.07, 6.45) is 0.00817. The largest absolute Gasteiger partial charge is 0.481 e. The van der Waals surface area contributed by atoms with Crippen molar-refractivity contribution in [3.8, 4) is 0 Å². The standard InChI is InChI=1S/C13H20N2O4S/c1-9(2)12(8-13(16)17)15-10-4-6-11(7-5-10)20(18,19)14-3/h4-7,9,12,14-15H,8H2,1-3H3,(H,16,17). The molecule has 0 bridgehead atoms. The van der Waals surface area contributed by atoms with Crippen LogP contribution in [0.4, 0.5) is 5.69 Å². The van der Waals surface area contributed by atoms with Crippen molar-refractivity contribution in [1.82, 2.24) is 4.72 Å². The van der Waals surface area contributed by atoms with Crippen molar-refractivity contribution in [3.63, 3.8) is 0 Å². The third-order valence-electron chi connectivity index (χ3n) is 2.98. The predicted octanol–water partition coefficient (Wildman–Crippen LogP) is 1.51. The highest BCUT2D eigenvalue weighted by molar-refractivity contribution is 7.89. The lowest BCUT2D eigenvalue weighted by Gasteiger charge is -2.22. The van der Waals surface area contributed by atoms with Crippen LogP contribution in [0, 0.1) is 5.92 Å². The molecular formula is C13H20N2O4S. The number of carboxylic acid groups (broad SMARTS) is 1. The number of carboxylic acids is 1. The van der Waals surface area contributed by atoms with E-state index >= 15 is 0 Å². The highest BCUT2D eigenvalue weighted by atomic mass is 32.2. The predicted molar refractivity (Wildman–Crippen MR) is 77.2 cm³/mol. The summed E-state index contributed by atoms with van der Waals surface area (Å²) in [5.41, 5.74) is 0.694. The van der Waals surface area contributed by atoms with Gasteiger partial charge in [-0.15, -0.1) is 0 Å². The molecule has 0 aliphatic rings. The van der Waals surface area contributed by atoms with Gasteiger partial charge in [0, 0.05) is 11.7 Å². The summed E-state index contributed by atoms with van der Waals surface area (Å²) >= 11 is 0. The van der Waals surface area contributed by atoms with Crippen LogP contribution in [0.25, 0.3) is 0 Å². The van der Waals surface area contributed by atoms with Gasteiger partial charge in [-0.05, 0) is 37.2 Å². The fourth-order valence-electron chi connectivity index (χ4n) is 1.70. The number of sulfonamides is 1. The lowest BCUT2D eigenvalue weighted by atomic mass is 10.0. The van der Waals surface area contributed by atoms with Gasteiger partial charge in [0.15, 0.2) is 0 Å². The van der Waals surface area contributed by atoms with Crippen molar-refractivity contribution in [1.29, 1.82) is 0 Å². The number of carbonyl (C=O) groups is 1. The zero-order valence-electron chi connectivity index (χ0n) is 11.8. The first-order valence-corrected chi connectivity index (χ1v) is 7.76. The lowest BCUT2D eigenvalue weighted by molar-refractivity contribution is -0.137. The van der Waals surface area contributed by atoms with E-state index in [0.29, 0.717) is 5.69 Å². The quantitative estimate of drug-likeness (QED) is 0.709. The summed E-state index contributed by atoms with van der Waals surface area (Å²) in [5.74, 6) is -0.725. The van der Waals surface area contributed by atoms with E-state index in [1.54, 1.807) is 12.1 Å². The van der Waals surface area contributed by atoms with Gasteiger partial charge in [0.1, 0.15) is 0 Å². The van der Waals surface area contributed by atoms with Gasteiger partial charge < -0.3 is 10.4 Å². The second-order valence-corrected chi connectivity index (χ2v) is 6.71. The van der Waals surface area contributed by atoms with Crippen molar-refractivity contribution in [3.05, 3.63) is 24.3 Å². The Morgan fingerprint density at radius 2 is 1.80 bits per heavy atom. The monoisotopic (exact) mass is 300 g/mol. The Hall–Kier alpha value is -1.60. The Bertz CT molecular complexity index is 552. The second-order valence-electron chi connectivity index (χ2n) is 4.82. The zero-order valence-corrected chi connectivity index (χ0v) is 12.6. The maximum atomic E-state index is 11.6. The van der Waals surface area contributed by atoms with Crippen molar-refractivity contribution in [2.24, 2.45) is 5.92 Å². The molecule has 0 aromatic heterocycles. The molecule has 1 aromatic rings. The molecule has 3 N–H and O–H groups in total. The number of anilines is 1. The normalized spacial score (nSPS) is 13.2. The van der Waals surface area contributed by atoms with E-state index in [0.717, 1.165) is 0 Å². The summed E-state index contributed by atoms with van der Waals surface area (Å²) in [5, 5.41) is 12.0. The molecule has 0 aliphatic carbocycles. The number of benzene rings is 1. The molecule has 0 radical (unpaired) electrons. The number of hydrogen-bond donors (Lipinski definition) is 3. The SMILES string of the molecule is CNS(=O)(=O)c1ccc(NC(CC(=O)O)C(C)C)cc1. The van der Waals surface area contributed by atoms with Crippen LogP contribution in [0.5, 0.6) is 0 Å². The highest BCUT2D eigenvalue weighted by Crippen LogP contribution is 2.18. The zero-order chi connectivity index (χ0) is 15.3. The van der Waals surface area contributed by atoms with E-state index in [1.807, 2.05) is 13.8 Å². The first-order valence-electron chi connectivity index (χ1n) is 6.28. The molecule has 0 amide bonds. The summed E-state index contributed by atoms with van der Waals surface area (Å²) in [6, 6.07) is 6.00. The molecule has 0 aliphatic heterocycles. The van der Waals surface area contributed by atoms with Crippen LogP contribution < -0.4 is 10.0 Å². The van der Waals surface area contributed by atoms with Crippen LogP contribution in [-0.4, -0.2) is 32.6 Å². The minimum absolute atomic E-state index is 0.00817. The molecule has 1 aromatic carbocycles. The Labute approximate surface area is 119 Å². The summed E-state index contributed by atoms with van der Waals surface area (Å²) < 4.78 is 25.4. The topological polar surface area (TPSA) is 95.5 Å². The van der Waals surface area contributed by atoms with Gasteiger partial charge in [-0.25, -0.2) is 13.1 Å². The fourth-order valence-corrected chi connectivity index (χ4v) is 2.43. The second kappa shape index (κ2) is 6.71. The minimum Gasteiger partial charge on any atom is -0.481 e. The summed E-state index contributed by atoms with van der Waals surface area (Å²) in [6.45, 7) is 3.86. The molecular weight excluding hydrogens is 280 g/mol. The fraction of sp³-hybridized carbons (Fsp3) is 0.462. The van der Waals surface area contributed by atoms with Crippen molar-refractivity contribution < 1.29 is 18.3 Å². The number of aliphatic carboxylic acids is 1. The Morgan fingerprint density at radius 1 is 1.25 bits per heavy atom. The van der Waals surface area contributed by atoms with Gasteiger partial charge in [0.05, 0.1) is 11.3 Å². The molecule has 6 nitrogen and oxygen atoms in total. The third kappa shape index (κ3) is 4.50. The number of nitrogens with one attached hydrogen (secondary N) is 2. The van der Waals surface area contributed by atoms with Crippen LogP contribution >= 0.6 is 0 Å². The maximum Gasteiger partial charge on any atom is 0.305 e. The van der Waals surface area contributed by atoms with Gasteiger partial charge in [0.25, 0.3) is 0 Å². The van der Waals surface area contributed by atoms with Crippen molar-refractivity contribution >= 4 is 21.7 Å². The number of rotatable bonds is 7. The van der Waals surface area contributed by atoms with E-state index in [4.69, 9.17) is 5.11 Å². The third-order valence-corrected chi connectivity index (χ3v) is 4.41. The summed E-state index contributed by atoms with van der Waals surface area (Å²) in [7, 11) is -2.10. The Balaban J connectivity index is 2.85. The molecule has 0 spiro atoms. The van der Waals surface area contributed by atoms with Gasteiger partial charge in [-0.2, -0.15) is 0 Å². The van der Waals surface area contributed by atoms with E-state index in [1.165, 1.54) is 19.2 Å². The van der Waals surface area contributed by atoms with E-state index in [2.05, 4.69) is 10.0 Å². The van der Waals surface area contributed by atoms with Crippen LogP contribution in [0.3, 0.4) is 0 Å². The van der Waals surface area contributed by atoms with Crippen molar-refractivity contribution in [2.75, 3.05) is 12.4 Å². The minimum atomic E-state index is -3.45. The smallest absolute Gasteiger partial charge is 0.305 e. The van der Waals surface area contributed by atoms with Gasteiger partial charge in [0.2, 0.25) is 10.0 Å². The molecule has 1 atom stereocenters. The van der Waals surface area contributed by atoms with Crippen LogP contribution in [0.15, 0.2) is 29.2 Å². The maximum absolute atomic E-state index is 11.6. The van der Waals surface area contributed by atoms with Gasteiger partial charge in [-0.1, -0.05) is 13.8 Å². The molecule has 0 saturated carbocycles. The first-order chi connectivity index (χ1) is 9.26. The average Bonchev–Trinajstić information content (AvgIpc) is 2.38. The first kappa shape index (κ1) is 16.5. The Morgan fingerprint density at radius 3 is 2.20 bits per heavy atom. The van der Waals surface area contributed by atoms with E-state index in [9.17, 15) is 13.2 Å². The molecule has 112 valence electrons. The van der Waals surface area contributed by atoms with Crippen molar-refractivity contribution in [2.45, 2.75) is 31.2 Å². The van der Waals surface area contributed by atoms with Crippen LogP contribution in [0.2, 0.25) is 0 Å². The molecule has 20 heavy (non-hydrogen) atoms. The molecule has 0 fully saturated rings. The summed E-state index contributed by atoms with van der Waals surface area (Å²) in [4.78, 5) is 11.0. The van der Waals surface area contributed by atoms with Gasteiger partial charge in [-0.3, -0.25) is 4.79 Å².